The van der Waals surface area contributed by atoms with Gasteiger partial charge in [-0.15, -0.1) is 0 Å². The lowest BCUT2D eigenvalue weighted by Crippen LogP contribution is -2.07. The molecule has 2 rings (SSSR count). The molecule has 0 aliphatic carbocycles. The molecule has 0 aliphatic heterocycles. The molecular formula is C16H16N2O3. The summed E-state index contributed by atoms with van der Waals surface area (Å²) in [5.74, 6) is -1.09. The molecule has 2 aromatic carbocycles. The zero-order valence-corrected chi connectivity index (χ0v) is 11.4. The fraction of sp³-hybridized carbons (Fsp3) is 0.125. The first-order valence-electron chi connectivity index (χ1n) is 6.48. The molecule has 0 saturated carbocycles. The summed E-state index contributed by atoms with van der Waals surface area (Å²) in [4.78, 5) is 22.9. The molecule has 5 nitrogen and oxygen atoms in total. The molecule has 0 amide bonds. The first-order valence-corrected chi connectivity index (χ1v) is 6.48. The van der Waals surface area contributed by atoms with Crippen LogP contribution in [0.5, 0.6) is 0 Å². The first-order chi connectivity index (χ1) is 9.99. The summed E-state index contributed by atoms with van der Waals surface area (Å²) in [5, 5.41) is 8.68. The number of carbonyl (C=O) groups is 2. The van der Waals surface area contributed by atoms with Crippen LogP contribution in [0.15, 0.2) is 42.5 Å². The lowest BCUT2D eigenvalue weighted by atomic mass is 9.98. The van der Waals surface area contributed by atoms with Gasteiger partial charge >= 0.3 is 5.97 Å². The Kier molecular flexibility index (Phi) is 4.23. The fourth-order valence-electron chi connectivity index (χ4n) is 2.06. The molecule has 0 heterocycles. The smallest absolute Gasteiger partial charge is 0.303 e. The normalized spacial score (nSPS) is 10.3. The molecule has 108 valence electrons. The number of aliphatic carboxylic acids is 1. The van der Waals surface area contributed by atoms with E-state index in [9.17, 15) is 9.59 Å². The third-order valence-electron chi connectivity index (χ3n) is 3.22. The number of nitrogens with two attached hydrogens (primary N) is 2. The monoisotopic (exact) mass is 284 g/mol. The summed E-state index contributed by atoms with van der Waals surface area (Å²) in [6.45, 7) is 0. The van der Waals surface area contributed by atoms with Gasteiger partial charge in [-0.3, -0.25) is 9.59 Å². The number of ketones is 1. The zero-order chi connectivity index (χ0) is 15.4. The van der Waals surface area contributed by atoms with Gasteiger partial charge in [-0.05, 0) is 30.2 Å². The number of hydrogen-bond acceptors (Lipinski definition) is 4. The molecule has 21 heavy (non-hydrogen) atoms. The number of aryl methyl sites for hydroxylation is 1. The molecule has 0 bridgehead atoms. The van der Waals surface area contributed by atoms with Crippen molar-refractivity contribution in [2.45, 2.75) is 12.8 Å². The second kappa shape index (κ2) is 6.09. The molecule has 0 spiro atoms. The van der Waals surface area contributed by atoms with Crippen LogP contribution in [-0.2, 0) is 11.2 Å². The number of anilines is 2. The van der Waals surface area contributed by atoms with E-state index in [0.29, 0.717) is 28.9 Å². The number of para-hydroxylation sites is 1. The molecule has 0 aromatic heterocycles. The number of carboxylic acid groups (broad SMARTS) is 1. The number of hydrogen-bond donors (Lipinski definition) is 3. The van der Waals surface area contributed by atoms with Crippen molar-refractivity contribution in [1.82, 2.24) is 0 Å². The number of benzene rings is 2. The maximum Gasteiger partial charge on any atom is 0.303 e. The number of nitrogen functional groups attached to an aromatic ring is 2. The van der Waals surface area contributed by atoms with Crippen LogP contribution in [-0.4, -0.2) is 16.9 Å². The van der Waals surface area contributed by atoms with Crippen molar-refractivity contribution < 1.29 is 14.7 Å². The number of rotatable bonds is 5. The van der Waals surface area contributed by atoms with Gasteiger partial charge in [0.25, 0.3) is 0 Å². The summed E-state index contributed by atoms with van der Waals surface area (Å²) in [6.07, 6.45) is 0.340. The highest BCUT2D eigenvalue weighted by atomic mass is 16.4. The molecule has 0 atom stereocenters. The summed E-state index contributed by atoms with van der Waals surface area (Å²) in [6, 6.07) is 11.7. The van der Waals surface area contributed by atoms with Gasteiger partial charge in [-0.1, -0.05) is 24.3 Å². The highest BCUT2D eigenvalue weighted by Gasteiger charge is 2.13. The van der Waals surface area contributed by atoms with Crippen molar-refractivity contribution in [3.8, 4) is 0 Å². The van der Waals surface area contributed by atoms with E-state index in [2.05, 4.69) is 0 Å². The van der Waals surface area contributed by atoms with Crippen molar-refractivity contribution in [3.63, 3.8) is 0 Å². The van der Waals surface area contributed by atoms with Gasteiger partial charge in [0.05, 0.1) is 0 Å². The fourth-order valence-corrected chi connectivity index (χ4v) is 2.06. The van der Waals surface area contributed by atoms with Crippen molar-refractivity contribution in [1.29, 1.82) is 0 Å². The Bertz CT molecular complexity index is 696. The predicted molar refractivity (Wildman–Crippen MR) is 81.1 cm³/mol. The highest BCUT2D eigenvalue weighted by Crippen LogP contribution is 2.21. The zero-order valence-electron chi connectivity index (χ0n) is 11.4. The van der Waals surface area contributed by atoms with E-state index in [1.165, 1.54) is 0 Å². The molecule has 0 fully saturated rings. The van der Waals surface area contributed by atoms with Gasteiger partial charge in [0.2, 0.25) is 0 Å². The van der Waals surface area contributed by atoms with Gasteiger partial charge in [0.15, 0.2) is 5.78 Å². The largest absolute Gasteiger partial charge is 0.481 e. The lowest BCUT2D eigenvalue weighted by molar-refractivity contribution is -0.136. The third kappa shape index (κ3) is 3.39. The van der Waals surface area contributed by atoms with Crippen molar-refractivity contribution in [2.24, 2.45) is 0 Å². The molecule has 0 radical (unpaired) electrons. The van der Waals surface area contributed by atoms with Gasteiger partial charge in [0.1, 0.15) is 0 Å². The average molecular weight is 284 g/mol. The van der Waals surface area contributed by atoms with Crippen LogP contribution in [0.1, 0.15) is 27.9 Å². The average Bonchev–Trinajstić information content (AvgIpc) is 2.45. The molecule has 5 heteroatoms. The SMILES string of the molecule is Nc1cc(C(=O)c2ccccc2N)ccc1CCC(=O)O. The Morgan fingerprint density at radius 3 is 2.33 bits per heavy atom. The maximum absolute atomic E-state index is 12.4. The lowest BCUT2D eigenvalue weighted by Gasteiger charge is -2.08. The molecule has 0 aliphatic rings. The Hall–Kier alpha value is -2.82. The van der Waals surface area contributed by atoms with Crippen molar-refractivity contribution in [3.05, 3.63) is 59.2 Å². The van der Waals surface area contributed by atoms with Crippen LogP contribution < -0.4 is 11.5 Å². The van der Waals surface area contributed by atoms with Crippen molar-refractivity contribution in [2.75, 3.05) is 11.5 Å². The van der Waals surface area contributed by atoms with Crippen LogP contribution >= 0.6 is 0 Å². The summed E-state index contributed by atoms with van der Waals surface area (Å²) in [5.41, 5.74) is 14.1. The van der Waals surface area contributed by atoms with E-state index in [4.69, 9.17) is 16.6 Å². The van der Waals surface area contributed by atoms with E-state index in [1.54, 1.807) is 42.5 Å². The summed E-state index contributed by atoms with van der Waals surface area (Å²) < 4.78 is 0. The topological polar surface area (TPSA) is 106 Å². The predicted octanol–water partition coefficient (Wildman–Crippen LogP) is 2.10. The van der Waals surface area contributed by atoms with Gasteiger partial charge in [0, 0.05) is 28.9 Å². The standard InChI is InChI=1S/C16H16N2O3/c17-13-4-2-1-3-12(13)16(21)11-6-5-10(14(18)9-11)7-8-15(19)20/h1-6,9H,7-8,17-18H2,(H,19,20). The molecule has 0 saturated heterocycles. The second-order valence-electron chi connectivity index (χ2n) is 4.72. The molecule has 2 aromatic rings. The van der Waals surface area contributed by atoms with Gasteiger partial charge in [-0.25, -0.2) is 0 Å². The van der Waals surface area contributed by atoms with Crippen LogP contribution in [0.25, 0.3) is 0 Å². The first kappa shape index (κ1) is 14.6. The highest BCUT2D eigenvalue weighted by molar-refractivity contribution is 6.12. The van der Waals surface area contributed by atoms with E-state index >= 15 is 0 Å². The van der Waals surface area contributed by atoms with E-state index < -0.39 is 5.97 Å². The minimum atomic E-state index is -0.883. The Labute approximate surface area is 122 Å². The Morgan fingerprint density at radius 2 is 1.71 bits per heavy atom. The summed E-state index contributed by atoms with van der Waals surface area (Å²) in [7, 11) is 0. The van der Waals surface area contributed by atoms with E-state index in [1.807, 2.05) is 0 Å². The van der Waals surface area contributed by atoms with Crippen molar-refractivity contribution >= 4 is 23.1 Å². The maximum atomic E-state index is 12.4. The van der Waals surface area contributed by atoms with Crippen LogP contribution in [0, 0.1) is 0 Å². The Morgan fingerprint density at radius 1 is 1.00 bits per heavy atom. The van der Waals surface area contributed by atoms with Gasteiger partial charge in [-0.2, -0.15) is 0 Å². The van der Waals surface area contributed by atoms with Crippen LogP contribution in [0.3, 0.4) is 0 Å². The van der Waals surface area contributed by atoms with Crippen LogP contribution in [0.2, 0.25) is 0 Å². The van der Waals surface area contributed by atoms with Gasteiger partial charge < -0.3 is 16.6 Å². The van der Waals surface area contributed by atoms with E-state index in [0.717, 1.165) is 5.56 Å². The molecule has 0 unspecified atom stereocenters. The summed E-state index contributed by atoms with van der Waals surface area (Å²) >= 11 is 0. The van der Waals surface area contributed by atoms with Crippen LogP contribution in [0.4, 0.5) is 11.4 Å². The van der Waals surface area contributed by atoms with E-state index in [-0.39, 0.29) is 12.2 Å². The number of carboxylic acids is 1. The second-order valence-corrected chi connectivity index (χ2v) is 4.72. The molecular weight excluding hydrogens is 268 g/mol. The quantitative estimate of drug-likeness (QED) is 0.576. The third-order valence-corrected chi connectivity index (χ3v) is 3.22. The number of carbonyl (C=O) groups excluding carboxylic acids is 1. The Balaban J connectivity index is 2.26. The minimum absolute atomic E-state index is 0.00310. The molecule has 5 N–H and O–H groups in total. The minimum Gasteiger partial charge on any atom is -0.481 e.